The highest BCUT2D eigenvalue weighted by Gasteiger charge is 2.19. The molecular formula is C18H35IN6O. The van der Waals surface area contributed by atoms with Gasteiger partial charge in [-0.15, -0.1) is 24.0 Å². The summed E-state index contributed by atoms with van der Waals surface area (Å²) in [4.78, 5) is 11.3. The number of imidazole rings is 1. The van der Waals surface area contributed by atoms with Crippen LogP contribution in [0.5, 0.6) is 0 Å². The Balaban J connectivity index is 0.00000338. The summed E-state index contributed by atoms with van der Waals surface area (Å²) < 4.78 is 7.37. The van der Waals surface area contributed by atoms with Gasteiger partial charge in [-0.1, -0.05) is 13.8 Å². The Morgan fingerprint density at radius 2 is 2.12 bits per heavy atom. The van der Waals surface area contributed by atoms with Crippen molar-refractivity contribution in [2.45, 2.75) is 45.8 Å². The average Bonchev–Trinajstić information content (AvgIpc) is 3.04. The third-order valence-corrected chi connectivity index (χ3v) is 4.54. The zero-order valence-corrected chi connectivity index (χ0v) is 18.9. The average molecular weight is 478 g/mol. The van der Waals surface area contributed by atoms with Crippen molar-refractivity contribution in [3.05, 3.63) is 18.2 Å². The molecule has 7 nitrogen and oxygen atoms in total. The van der Waals surface area contributed by atoms with Crippen molar-refractivity contribution in [1.29, 1.82) is 0 Å². The first kappa shape index (κ1) is 23.2. The van der Waals surface area contributed by atoms with E-state index in [1.807, 2.05) is 19.4 Å². The predicted octanol–water partition coefficient (Wildman–Crippen LogP) is 1.93. The van der Waals surface area contributed by atoms with Crippen molar-refractivity contribution in [1.82, 2.24) is 25.1 Å². The summed E-state index contributed by atoms with van der Waals surface area (Å²) in [6.45, 7) is 10.2. The smallest absolute Gasteiger partial charge is 0.191 e. The summed E-state index contributed by atoms with van der Waals surface area (Å²) in [5.74, 6) is 2.51. The fraction of sp³-hybridized carbons (Fsp3) is 0.778. The first-order valence-electron chi connectivity index (χ1n) is 9.30. The molecule has 0 bridgehead atoms. The van der Waals surface area contributed by atoms with Crippen molar-refractivity contribution in [2.24, 2.45) is 10.9 Å². The Morgan fingerprint density at radius 3 is 2.73 bits per heavy atom. The van der Waals surface area contributed by atoms with Crippen LogP contribution in [-0.4, -0.2) is 66.9 Å². The minimum atomic E-state index is 0. The van der Waals surface area contributed by atoms with Crippen LogP contribution in [0.25, 0.3) is 0 Å². The Kier molecular flexibility index (Phi) is 11.1. The molecule has 0 saturated carbocycles. The molecule has 0 spiro atoms. The molecule has 1 saturated heterocycles. The molecule has 0 amide bonds. The van der Waals surface area contributed by atoms with Gasteiger partial charge in [0.15, 0.2) is 5.96 Å². The molecule has 1 fully saturated rings. The first-order chi connectivity index (χ1) is 12.1. The van der Waals surface area contributed by atoms with Gasteiger partial charge < -0.3 is 24.8 Å². The summed E-state index contributed by atoms with van der Waals surface area (Å²) >= 11 is 0. The number of aromatic nitrogens is 2. The number of nitrogens with zero attached hydrogens (tertiary/aromatic N) is 4. The van der Waals surface area contributed by atoms with E-state index in [1.165, 1.54) is 0 Å². The number of aliphatic imine (C=N–C) groups is 1. The lowest BCUT2D eigenvalue weighted by Gasteiger charge is -2.32. The van der Waals surface area contributed by atoms with Gasteiger partial charge in [0.05, 0.1) is 13.2 Å². The van der Waals surface area contributed by atoms with Gasteiger partial charge in [-0.05, 0) is 18.8 Å². The van der Waals surface area contributed by atoms with Crippen molar-refractivity contribution < 1.29 is 4.74 Å². The molecule has 0 radical (unpaired) electrons. The predicted molar refractivity (Wildman–Crippen MR) is 117 cm³/mol. The van der Waals surface area contributed by atoms with Gasteiger partial charge >= 0.3 is 0 Å². The zero-order valence-electron chi connectivity index (χ0n) is 16.6. The molecule has 1 aliphatic heterocycles. The second-order valence-corrected chi connectivity index (χ2v) is 7.07. The largest absolute Gasteiger partial charge is 0.383 e. The molecule has 2 heterocycles. The number of rotatable bonds is 8. The molecule has 0 aliphatic carbocycles. The van der Waals surface area contributed by atoms with Crippen LogP contribution in [0.1, 0.15) is 32.5 Å². The molecule has 1 aliphatic rings. The highest BCUT2D eigenvalue weighted by Crippen LogP contribution is 2.10. The zero-order chi connectivity index (χ0) is 18.1. The monoisotopic (exact) mass is 478 g/mol. The molecule has 1 aromatic heterocycles. The van der Waals surface area contributed by atoms with E-state index in [4.69, 9.17) is 4.74 Å². The molecule has 0 aromatic carbocycles. The second-order valence-electron chi connectivity index (χ2n) is 7.07. The number of likely N-dealkylation sites (tertiary alicyclic amines) is 1. The normalized spacial score (nSPS) is 16.6. The van der Waals surface area contributed by atoms with E-state index < -0.39 is 0 Å². The number of hydrogen-bond donors (Lipinski definition) is 2. The lowest BCUT2D eigenvalue weighted by molar-refractivity contribution is 0.128. The lowest BCUT2D eigenvalue weighted by atomic mass is 10.1. The summed E-state index contributed by atoms with van der Waals surface area (Å²) in [5, 5.41) is 6.95. The van der Waals surface area contributed by atoms with E-state index in [-0.39, 0.29) is 24.0 Å². The van der Waals surface area contributed by atoms with Gasteiger partial charge in [-0.2, -0.15) is 0 Å². The van der Waals surface area contributed by atoms with Crippen molar-refractivity contribution in [2.75, 3.05) is 40.4 Å². The van der Waals surface area contributed by atoms with Crippen molar-refractivity contribution in [3.63, 3.8) is 0 Å². The molecule has 26 heavy (non-hydrogen) atoms. The summed E-state index contributed by atoms with van der Waals surface area (Å²) in [5.41, 5.74) is 0. The van der Waals surface area contributed by atoms with Gasteiger partial charge in [-0.25, -0.2) is 4.98 Å². The van der Waals surface area contributed by atoms with Crippen LogP contribution < -0.4 is 10.6 Å². The van der Waals surface area contributed by atoms with Gasteiger partial charge in [0.25, 0.3) is 0 Å². The van der Waals surface area contributed by atoms with Crippen LogP contribution in [0.3, 0.4) is 0 Å². The lowest BCUT2D eigenvalue weighted by Crippen LogP contribution is -2.49. The number of hydrogen-bond acceptors (Lipinski definition) is 4. The van der Waals surface area contributed by atoms with Crippen molar-refractivity contribution >= 4 is 29.9 Å². The second kappa shape index (κ2) is 12.5. The van der Waals surface area contributed by atoms with Gasteiger partial charge in [-0.3, -0.25) is 4.99 Å². The molecule has 150 valence electrons. The number of methoxy groups -OCH3 is 1. The van der Waals surface area contributed by atoms with Crippen LogP contribution >= 0.6 is 24.0 Å². The number of piperidine rings is 1. The van der Waals surface area contributed by atoms with E-state index in [0.717, 1.165) is 57.4 Å². The van der Waals surface area contributed by atoms with Crippen LogP contribution in [0.4, 0.5) is 0 Å². The maximum absolute atomic E-state index is 5.16. The van der Waals surface area contributed by atoms with Gasteiger partial charge in [0, 0.05) is 58.8 Å². The quantitative estimate of drug-likeness (QED) is 0.340. The van der Waals surface area contributed by atoms with E-state index in [1.54, 1.807) is 7.11 Å². The van der Waals surface area contributed by atoms with Gasteiger partial charge in [0.1, 0.15) is 5.82 Å². The van der Waals surface area contributed by atoms with Crippen molar-refractivity contribution in [3.8, 4) is 0 Å². The molecule has 0 atom stereocenters. The topological polar surface area (TPSA) is 66.7 Å². The molecule has 2 N–H and O–H groups in total. The summed E-state index contributed by atoms with van der Waals surface area (Å²) in [6, 6.07) is 0.473. The number of nitrogens with one attached hydrogen (secondary N) is 2. The van der Waals surface area contributed by atoms with E-state index in [9.17, 15) is 0 Å². The maximum atomic E-state index is 5.16. The first-order valence-corrected chi connectivity index (χ1v) is 9.30. The molecule has 0 unspecified atom stereocenters. The standard InChI is InChI=1S/C18H34N6O.HI/c1-15(2)14-24-10-7-20-17(24)13-21-18(19-3)22-16-5-8-23(9-6-16)11-12-25-4;/h7,10,15-16H,5-6,8-9,11-14H2,1-4H3,(H2,19,21,22);1H. The highest BCUT2D eigenvalue weighted by atomic mass is 127. The number of halogens is 1. The highest BCUT2D eigenvalue weighted by molar-refractivity contribution is 14.0. The van der Waals surface area contributed by atoms with E-state index in [2.05, 4.69) is 43.9 Å². The minimum Gasteiger partial charge on any atom is -0.383 e. The van der Waals surface area contributed by atoms with Crippen LogP contribution in [-0.2, 0) is 17.8 Å². The SMILES string of the molecule is CN=C(NCc1nccn1CC(C)C)NC1CCN(CCOC)CC1.I. The fourth-order valence-electron chi connectivity index (χ4n) is 3.14. The van der Waals surface area contributed by atoms with Crippen LogP contribution in [0, 0.1) is 5.92 Å². The third-order valence-electron chi connectivity index (χ3n) is 4.54. The molecule has 2 rings (SSSR count). The summed E-state index contributed by atoms with van der Waals surface area (Å²) in [7, 11) is 3.58. The Bertz CT molecular complexity index is 526. The molecular weight excluding hydrogens is 443 g/mol. The van der Waals surface area contributed by atoms with E-state index in [0.29, 0.717) is 18.5 Å². The third kappa shape index (κ3) is 7.79. The maximum Gasteiger partial charge on any atom is 0.191 e. The van der Waals surface area contributed by atoms with Crippen LogP contribution in [0.15, 0.2) is 17.4 Å². The van der Waals surface area contributed by atoms with Crippen LogP contribution in [0.2, 0.25) is 0 Å². The number of guanidine groups is 1. The van der Waals surface area contributed by atoms with E-state index >= 15 is 0 Å². The Labute approximate surface area is 175 Å². The number of ether oxygens (including phenoxy) is 1. The molecule has 1 aromatic rings. The Hall–Kier alpha value is -0.870. The molecule has 8 heteroatoms. The van der Waals surface area contributed by atoms with Gasteiger partial charge in [0.2, 0.25) is 0 Å². The summed E-state index contributed by atoms with van der Waals surface area (Å²) in [6.07, 6.45) is 6.17. The Morgan fingerprint density at radius 1 is 1.38 bits per heavy atom. The fourth-order valence-corrected chi connectivity index (χ4v) is 3.14. The minimum absolute atomic E-state index is 0.